The molecule has 0 spiro atoms. The number of carbonyl (C=O) groups is 1. The van der Waals surface area contributed by atoms with Crippen molar-refractivity contribution < 1.29 is 14.3 Å². The van der Waals surface area contributed by atoms with Crippen LogP contribution in [0.1, 0.15) is 0 Å². The molecule has 4 nitrogen and oxygen atoms in total. The predicted octanol–water partition coefficient (Wildman–Crippen LogP) is 4.01. The van der Waals surface area contributed by atoms with Gasteiger partial charge in [0.1, 0.15) is 18.1 Å². The van der Waals surface area contributed by atoms with Crippen LogP contribution in [0.4, 0.5) is 4.79 Å². The van der Waals surface area contributed by atoms with Crippen LogP contribution < -0.4 is 14.8 Å². The minimum atomic E-state index is -0.488. The first-order valence-electron chi connectivity index (χ1n) is 7.44. The smallest absolute Gasteiger partial charge is 0.412 e. The molecule has 0 aliphatic carbocycles. The Balaban J connectivity index is 1.49. The summed E-state index contributed by atoms with van der Waals surface area (Å²) in [6.45, 7) is 0.743. The molecule has 0 saturated carbocycles. The summed E-state index contributed by atoms with van der Waals surface area (Å²) in [4.78, 5) is 11.6. The molecule has 0 fully saturated rings. The van der Waals surface area contributed by atoms with E-state index in [1.807, 2.05) is 60.7 Å². The number of amides is 1. The number of fused-ring (bicyclic) bond motifs is 1. The number of benzene rings is 3. The first-order chi connectivity index (χ1) is 11.3. The van der Waals surface area contributed by atoms with Crippen LogP contribution >= 0.6 is 0 Å². The molecule has 0 heterocycles. The van der Waals surface area contributed by atoms with Gasteiger partial charge in [-0.15, -0.1) is 0 Å². The van der Waals surface area contributed by atoms with Gasteiger partial charge in [0.15, 0.2) is 0 Å². The van der Waals surface area contributed by atoms with Gasteiger partial charge in [-0.3, -0.25) is 0 Å². The molecule has 0 bridgehead atoms. The maximum Gasteiger partial charge on any atom is 0.412 e. The lowest BCUT2D eigenvalue weighted by molar-refractivity contribution is 0.197. The second-order valence-electron chi connectivity index (χ2n) is 4.96. The minimum absolute atomic E-state index is 0.370. The molecule has 23 heavy (non-hydrogen) atoms. The maximum absolute atomic E-state index is 11.6. The Morgan fingerprint density at radius 3 is 2.48 bits per heavy atom. The average molecular weight is 307 g/mol. The van der Waals surface area contributed by atoms with Crippen LogP contribution in [-0.4, -0.2) is 19.2 Å². The molecule has 3 aromatic carbocycles. The first-order valence-corrected chi connectivity index (χ1v) is 7.44. The molecule has 0 unspecified atom stereocenters. The van der Waals surface area contributed by atoms with E-state index < -0.39 is 6.09 Å². The molecule has 0 atom stereocenters. The van der Waals surface area contributed by atoms with Crippen molar-refractivity contribution in [3.63, 3.8) is 0 Å². The summed E-state index contributed by atoms with van der Waals surface area (Å²) in [6.07, 6.45) is -0.488. The highest BCUT2D eigenvalue weighted by atomic mass is 16.6. The van der Waals surface area contributed by atoms with Gasteiger partial charge < -0.3 is 14.8 Å². The fourth-order valence-corrected chi connectivity index (χ4v) is 2.27. The van der Waals surface area contributed by atoms with Gasteiger partial charge in [0.2, 0.25) is 0 Å². The van der Waals surface area contributed by atoms with E-state index in [4.69, 9.17) is 9.47 Å². The Hall–Kier alpha value is -3.01. The summed E-state index contributed by atoms with van der Waals surface area (Å²) in [7, 11) is 0. The minimum Gasteiger partial charge on any atom is -0.491 e. The van der Waals surface area contributed by atoms with Gasteiger partial charge in [-0.2, -0.15) is 0 Å². The molecule has 1 N–H and O–H groups in total. The first kappa shape index (κ1) is 14.9. The van der Waals surface area contributed by atoms with Crippen molar-refractivity contribution in [1.29, 1.82) is 0 Å². The average Bonchev–Trinajstić information content (AvgIpc) is 2.60. The predicted molar refractivity (Wildman–Crippen MR) is 89.9 cm³/mol. The van der Waals surface area contributed by atoms with E-state index in [1.165, 1.54) is 0 Å². The summed E-state index contributed by atoms with van der Waals surface area (Å²) < 4.78 is 10.9. The summed E-state index contributed by atoms with van der Waals surface area (Å²) >= 11 is 0. The molecule has 0 radical (unpaired) electrons. The van der Waals surface area contributed by atoms with E-state index in [1.54, 1.807) is 12.1 Å². The Bertz CT molecular complexity index is 781. The lowest BCUT2D eigenvalue weighted by Gasteiger charge is -2.10. The van der Waals surface area contributed by atoms with E-state index in [0.29, 0.717) is 18.9 Å². The second kappa shape index (κ2) is 7.31. The fraction of sp³-hybridized carbons (Fsp3) is 0.105. The molecule has 0 aliphatic rings. The van der Waals surface area contributed by atoms with E-state index in [2.05, 4.69) is 5.32 Å². The van der Waals surface area contributed by atoms with E-state index in [0.717, 1.165) is 16.5 Å². The van der Waals surface area contributed by atoms with Crippen molar-refractivity contribution in [3.05, 3.63) is 72.8 Å². The molecule has 4 heteroatoms. The summed E-state index contributed by atoms with van der Waals surface area (Å²) in [5.74, 6) is 1.32. The third kappa shape index (κ3) is 4.01. The highest BCUT2D eigenvalue weighted by molar-refractivity contribution is 5.88. The Morgan fingerprint density at radius 2 is 1.61 bits per heavy atom. The molecule has 0 aliphatic heterocycles. The largest absolute Gasteiger partial charge is 0.491 e. The third-order valence-electron chi connectivity index (χ3n) is 3.33. The van der Waals surface area contributed by atoms with Gasteiger partial charge in [-0.1, -0.05) is 54.6 Å². The van der Waals surface area contributed by atoms with Crippen LogP contribution in [0.3, 0.4) is 0 Å². The number of nitrogens with one attached hydrogen (secondary N) is 1. The van der Waals surface area contributed by atoms with E-state index >= 15 is 0 Å². The SMILES string of the molecule is O=C(NCCOc1cccc2ccccc12)Oc1ccccc1. The molecule has 3 rings (SSSR count). The standard InChI is InChI=1S/C19H17NO3/c21-19(23-16-9-2-1-3-10-16)20-13-14-22-18-12-6-8-15-7-4-5-11-17(15)18/h1-12H,13-14H2,(H,20,21). The van der Waals surface area contributed by atoms with Crippen molar-refractivity contribution in [2.45, 2.75) is 0 Å². The lowest BCUT2D eigenvalue weighted by Crippen LogP contribution is -2.30. The van der Waals surface area contributed by atoms with E-state index in [-0.39, 0.29) is 0 Å². The third-order valence-corrected chi connectivity index (χ3v) is 3.33. The molecule has 0 saturated heterocycles. The highest BCUT2D eigenvalue weighted by Gasteiger charge is 2.04. The van der Waals surface area contributed by atoms with Crippen LogP contribution in [0, 0.1) is 0 Å². The van der Waals surface area contributed by atoms with Crippen molar-refractivity contribution in [2.75, 3.05) is 13.2 Å². The van der Waals surface area contributed by atoms with Gasteiger partial charge >= 0.3 is 6.09 Å². The van der Waals surface area contributed by atoms with Crippen LogP contribution in [-0.2, 0) is 0 Å². The lowest BCUT2D eigenvalue weighted by atomic mass is 10.1. The number of hydrogen-bond acceptors (Lipinski definition) is 3. The molecular weight excluding hydrogens is 290 g/mol. The van der Waals surface area contributed by atoms with Crippen LogP contribution in [0.2, 0.25) is 0 Å². The zero-order chi connectivity index (χ0) is 15.9. The topological polar surface area (TPSA) is 47.6 Å². The summed E-state index contributed by atoms with van der Waals surface area (Å²) in [5.41, 5.74) is 0. The Morgan fingerprint density at radius 1 is 0.870 bits per heavy atom. The van der Waals surface area contributed by atoms with Crippen LogP contribution in [0.5, 0.6) is 11.5 Å². The number of para-hydroxylation sites is 1. The number of ether oxygens (including phenoxy) is 2. The van der Waals surface area contributed by atoms with Gasteiger partial charge in [0.25, 0.3) is 0 Å². The van der Waals surface area contributed by atoms with Crippen LogP contribution in [0.25, 0.3) is 10.8 Å². The van der Waals surface area contributed by atoms with Gasteiger partial charge in [-0.25, -0.2) is 4.79 Å². The molecule has 3 aromatic rings. The van der Waals surface area contributed by atoms with Gasteiger partial charge in [0.05, 0.1) is 6.54 Å². The highest BCUT2D eigenvalue weighted by Crippen LogP contribution is 2.24. The van der Waals surface area contributed by atoms with Crippen molar-refractivity contribution in [3.8, 4) is 11.5 Å². The quantitative estimate of drug-likeness (QED) is 0.725. The van der Waals surface area contributed by atoms with Crippen molar-refractivity contribution in [2.24, 2.45) is 0 Å². The van der Waals surface area contributed by atoms with Gasteiger partial charge in [-0.05, 0) is 23.6 Å². The number of rotatable bonds is 5. The van der Waals surface area contributed by atoms with E-state index in [9.17, 15) is 4.79 Å². The monoisotopic (exact) mass is 307 g/mol. The molecular formula is C19H17NO3. The Kier molecular flexibility index (Phi) is 4.74. The summed E-state index contributed by atoms with van der Waals surface area (Å²) in [5, 5.41) is 4.85. The fourth-order valence-electron chi connectivity index (χ4n) is 2.27. The summed E-state index contributed by atoms with van der Waals surface area (Å²) in [6, 6.07) is 22.9. The molecule has 1 amide bonds. The second-order valence-corrected chi connectivity index (χ2v) is 4.96. The Labute approximate surface area is 134 Å². The van der Waals surface area contributed by atoms with Gasteiger partial charge in [0, 0.05) is 5.39 Å². The number of hydrogen-bond donors (Lipinski definition) is 1. The number of carbonyl (C=O) groups excluding carboxylic acids is 1. The molecule has 116 valence electrons. The van der Waals surface area contributed by atoms with Crippen LogP contribution in [0.15, 0.2) is 72.8 Å². The maximum atomic E-state index is 11.6. The van der Waals surface area contributed by atoms with Crippen molar-refractivity contribution in [1.82, 2.24) is 5.32 Å². The zero-order valence-corrected chi connectivity index (χ0v) is 12.6. The molecule has 0 aromatic heterocycles. The van der Waals surface area contributed by atoms with Crippen molar-refractivity contribution >= 4 is 16.9 Å². The zero-order valence-electron chi connectivity index (χ0n) is 12.6. The normalized spacial score (nSPS) is 10.3.